The van der Waals surface area contributed by atoms with Gasteiger partial charge in [-0.3, -0.25) is 0 Å². The Morgan fingerprint density at radius 3 is 2.66 bits per heavy atom. The number of nitrogens with zero attached hydrogens (tertiary/aromatic N) is 5. The van der Waals surface area contributed by atoms with E-state index in [2.05, 4.69) is 32.8 Å². The number of hydrogen-bond donors (Lipinski definition) is 0. The van der Waals surface area contributed by atoms with E-state index in [1.165, 1.54) is 6.42 Å². The van der Waals surface area contributed by atoms with Crippen LogP contribution >= 0.6 is 15.9 Å². The van der Waals surface area contributed by atoms with Crippen LogP contribution in [0.15, 0.2) is 27.3 Å². The summed E-state index contributed by atoms with van der Waals surface area (Å²) < 4.78 is 18.5. The number of aromatic nitrogens is 2. The third kappa shape index (κ3) is 5.04. The molecule has 5 rings (SSSR count). The first-order chi connectivity index (χ1) is 16.7. The van der Waals surface area contributed by atoms with Crippen LogP contribution in [0.5, 0.6) is 6.01 Å². The molecule has 0 radical (unpaired) electrons. The van der Waals surface area contributed by atoms with Gasteiger partial charge in [0.15, 0.2) is 0 Å². The molecular weight excluding hydrogens is 514 g/mol. The summed E-state index contributed by atoms with van der Waals surface area (Å²) >= 11 is 3.65. The van der Waals surface area contributed by atoms with Crippen LogP contribution in [-0.4, -0.2) is 83.9 Å². The molecular formula is C25H32BrN5O4. The third-order valence-corrected chi connectivity index (χ3v) is 7.27. The van der Waals surface area contributed by atoms with Gasteiger partial charge in [-0.2, -0.15) is 9.97 Å². The summed E-state index contributed by atoms with van der Waals surface area (Å²) in [6.07, 6.45) is 3.69. The normalized spacial score (nSPS) is 19.6. The zero-order valence-electron chi connectivity index (χ0n) is 20.7. The van der Waals surface area contributed by atoms with E-state index in [1.54, 1.807) is 11.2 Å². The van der Waals surface area contributed by atoms with E-state index in [1.807, 2.05) is 32.9 Å². The fourth-order valence-corrected chi connectivity index (χ4v) is 5.27. The molecule has 2 fully saturated rings. The molecule has 0 N–H and O–H groups in total. The summed E-state index contributed by atoms with van der Waals surface area (Å²) in [5, 5.41) is 1.82. The van der Waals surface area contributed by atoms with E-state index < -0.39 is 5.60 Å². The highest BCUT2D eigenvalue weighted by Gasteiger charge is 2.29. The SMILES string of the molecule is CN1CCC[C@H]1COc1nc(N2CCN(C(=O)OC(C)(C)C)CC2)c2c(cc(Br)c3ccoc32)n1. The van der Waals surface area contributed by atoms with Gasteiger partial charge in [-0.1, -0.05) is 0 Å². The Kier molecular flexibility index (Phi) is 6.52. The first-order valence-electron chi connectivity index (χ1n) is 12.1. The van der Waals surface area contributed by atoms with Crippen LogP contribution in [0.2, 0.25) is 0 Å². The molecule has 2 aromatic heterocycles. The Morgan fingerprint density at radius 2 is 1.97 bits per heavy atom. The van der Waals surface area contributed by atoms with E-state index in [0.717, 1.165) is 45.1 Å². The summed E-state index contributed by atoms with van der Waals surface area (Å²) in [5.74, 6) is 0.765. The van der Waals surface area contributed by atoms with Crippen molar-refractivity contribution in [1.29, 1.82) is 0 Å². The lowest BCUT2D eigenvalue weighted by atomic mass is 10.1. The maximum Gasteiger partial charge on any atom is 0.410 e. The Labute approximate surface area is 213 Å². The Bertz CT molecular complexity index is 1230. The zero-order valence-corrected chi connectivity index (χ0v) is 22.3. The molecule has 9 nitrogen and oxygen atoms in total. The van der Waals surface area contributed by atoms with Crippen LogP contribution in [-0.2, 0) is 4.74 Å². The molecule has 0 aliphatic carbocycles. The Morgan fingerprint density at radius 1 is 1.20 bits per heavy atom. The smallest absolute Gasteiger partial charge is 0.410 e. The molecule has 10 heteroatoms. The number of piperazine rings is 1. The molecule has 0 spiro atoms. The molecule has 2 aliphatic rings. The number of rotatable bonds is 4. The molecule has 35 heavy (non-hydrogen) atoms. The Hall–Kier alpha value is -2.59. The van der Waals surface area contributed by atoms with Crippen molar-refractivity contribution in [3.05, 3.63) is 22.9 Å². The standard InChI is InChI=1S/C25H32BrN5O4/c1-25(2,3)35-24(32)31-11-9-30(10-12-31)22-20-19(14-18(26)17-7-13-33-21(17)20)27-23(28-22)34-15-16-6-5-8-29(16)4/h7,13-14,16H,5-6,8-12,15H2,1-4H3/t16-/m0/s1. The number of likely N-dealkylation sites (N-methyl/N-ethyl adjacent to an activating group) is 1. The topological polar surface area (TPSA) is 84.2 Å². The van der Waals surface area contributed by atoms with Crippen LogP contribution in [0.1, 0.15) is 33.6 Å². The number of amides is 1. The Balaban J connectivity index is 1.45. The van der Waals surface area contributed by atoms with Crippen molar-refractivity contribution < 1.29 is 18.7 Å². The van der Waals surface area contributed by atoms with E-state index in [-0.39, 0.29) is 6.09 Å². The predicted octanol–water partition coefficient (Wildman–Crippen LogP) is 4.67. The lowest BCUT2D eigenvalue weighted by Gasteiger charge is -2.36. The summed E-state index contributed by atoms with van der Waals surface area (Å²) in [7, 11) is 2.13. The van der Waals surface area contributed by atoms with E-state index >= 15 is 0 Å². The molecule has 0 saturated carbocycles. The summed E-state index contributed by atoms with van der Waals surface area (Å²) in [6.45, 7) is 9.61. The van der Waals surface area contributed by atoms with Gasteiger partial charge in [0.2, 0.25) is 0 Å². The first-order valence-corrected chi connectivity index (χ1v) is 12.9. The quantitative estimate of drug-likeness (QED) is 0.467. The van der Waals surface area contributed by atoms with E-state index in [4.69, 9.17) is 23.9 Å². The number of benzene rings is 1. The van der Waals surface area contributed by atoms with Crippen molar-refractivity contribution in [3.8, 4) is 6.01 Å². The third-order valence-electron chi connectivity index (χ3n) is 6.62. The van der Waals surface area contributed by atoms with Crippen LogP contribution in [0.4, 0.5) is 10.6 Å². The van der Waals surface area contributed by atoms with Crippen LogP contribution in [0, 0.1) is 0 Å². The summed E-state index contributed by atoms with van der Waals surface area (Å²) in [5.41, 5.74) is 0.976. The fraction of sp³-hybridized carbons (Fsp3) is 0.560. The van der Waals surface area contributed by atoms with Gasteiger partial charge in [0.05, 0.1) is 17.2 Å². The molecule has 1 aromatic carbocycles. The first kappa shape index (κ1) is 24.1. The molecule has 0 bridgehead atoms. The summed E-state index contributed by atoms with van der Waals surface area (Å²) in [6, 6.07) is 4.65. The van der Waals surface area contributed by atoms with Gasteiger partial charge in [-0.25, -0.2) is 4.79 Å². The number of halogens is 1. The van der Waals surface area contributed by atoms with Gasteiger partial charge in [0.25, 0.3) is 0 Å². The maximum atomic E-state index is 12.6. The number of hydrogen-bond acceptors (Lipinski definition) is 8. The lowest BCUT2D eigenvalue weighted by molar-refractivity contribution is 0.0240. The second-order valence-corrected chi connectivity index (χ2v) is 11.1. The van der Waals surface area contributed by atoms with Crippen molar-refractivity contribution in [2.24, 2.45) is 0 Å². The molecule has 0 unspecified atom stereocenters. The van der Waals surface area contributed by atoms with Crippen molar-refractivity contribution in [1.82, 2.24) is 19.8 Å². The molecule has 188 valence electrons. The van der Waals surface area contributed by atoms with Crippen molar-refractivity contribution >= 4 is 49.7 Å². The number of furan rings is 1. The fourth-order valence-electron chi connectivity index (χ4n) is 4.74. The zero-order chi connectivity index (χ0) is 24.7. The molecule has 1 amide bonds. The van der Waals surface area contributed by atoms with Crippen molar-refractivity contribution in [3.63, 3.8) is 0 Å². The predicted molar refractivity (Wildman–Crippen MR) is 138 cm³/mol. The van der Waals surface area contributed by atoms with E-state index in [9.17, 15) is 4.79 Å². The highest BCUT2D eigenvalue weighted by atomic mass is 79.9. The van der Waals surface area contributed by atoms with Gasteiger partial charge in [0.1, 0.15) is 23.6 Å². The van der Waals surface area contributed by atoms with Crippen molar-refractivity contribution in [2.45, 2.75) is 45.3 Å². The molecule has 1 atom stereocenters. The summed E-state index contributed by atoms with van der Waals surface area (Å²) in [4.78, 5) is 28.4. The second kappa shape index (κ2) is 9.46. The average Bonchev–Trinajstić information content (AvgIpc) is 3.45. The largest absolute Gasteiger partial charge is 0.463 e. The lowest BCUT2D eigenvalue weighted by Crippen LogP contribution is -2.50. The molecule has 2 saturated heterocycles. The maximum absolute atomic E-state index is 12.6. The second-order valence-electron chi connectivity index (χ2n) is 10.3. The van der Waals surface area contributed by atoms with Gasteiger partial charge in [-0.05, 0) is 75.3 Å². The monoisotopic (exact) mass is 545 g/mol. The molecule has 4 heterocycles. The highest BCUT2D eigenvalue weighted by molar-refractivity contribution is 9.10. The number of fused-ring (bicyclic) bond motifs is 3. The van der Waals surface area contributed by atoms with E-state index in [0.29, 0.717) is 44.8 Å². The minimum absolute atomic E-state index is 0.285. The molecule has 3 aromatic rings. The van der Waals surface area contributed by atoms with Gasteiger partial charge in [-0.15, -0.1) is 0 Å². The number of likely N-dealkylation sites (tertiary alicyclic amines) is 1. The molecule has 2 aliphatic heterocycles. The number of ether oxygens (including phenoxy) is 2. The number of carbonyl (C=O) groups excluding carboxylic acids is 1. The van der Waals surface area contributed by atoms with Crippen LogP contribution in [0.25, 0.3) is 21.9 Å². The van der Waals surface area contributed by atoms with Crippen molar-refractivity contribution in [2.75, 3.05) is 51.3 Å². The highest BCUT2D eigenvalue weighted by Crippen LogP contribution is 2.38. The van der Waals surface area contributed by atoms with Gasteiger partial charge >= 0.3 is 12.1 Å². The van der Waals surface area contributed by atoms with Gasteiger partial charge in [0, 0.05) is 42.1 Å². The minimum Gasteiger partial charge on any atom is -0.463 e. The van der Waals surface area contributed by atoms with Crippen LogP contribution in [0.3, 0.4) is 0 Å². The average molecular weight is 546 g/mol. The number of anilines is 1. The van der Waals surface area contributed by atoms with Gasteiger partial charge < -0.3 is 28.6 Å². The van der Waals surface area contributed by atoms with Crippen LogP contribution < -0.4 is 9.64 Å². The minimum atomic E-state index is -0.519. The number of carbonyl (C=O) groups is 1.